The fraction of sp³-hybridized carbons (Fsp3) is 1.00. The molecule has 4 saturated carbocycles. The third kappa shape index (κ3) is 4.09. The van der Waals surface area contributed by atoms with Gasteiger partial charge in [-0.3, -0.25) is 0 Å². The summed E-state index contributed by atoms with van der Waals surface area (Å²) in [6.07, 6.45) is 18.4. The van der Waals surface area contributed by atoms with Gasteiger partial charge in [0.25, 0.3) is 0 Å². The number of rotatable bonds is 3. The van der Waals surface area contributed by atoms with Crippen LogP contribution in [0.4, 0.5) is 0 Å². The summed E-state index contributed by atoms with van der Waals surface area (Å²) in [4.78, 5) is 0. The zero-order valence-electron chi connectivity index (χ0n) is 20.9. The minimum absolute atomic E-state index is 0.688. The van der Waals surface area contributed by atoms with Crippen molar-refractivity contribution in [2.45, 2.75) is 132 Å². The summed E-state index contributed by atoms with van der Waals surface area (Å²) in [6, 6.07) is 0. The minimum Gasteiger partial charge on any atom is -0.0683 e. The zero-order valence-corrected chi connectivity index (χ0v) is 20.9. The Morgan fingerprint density at radius 3 is 2.11 bits per heavy atom. The maximum atomic E-state index is 2.73. The Kier molecular flexibility index (Phi) is 8.97. The van der Waals surface area contributed by atoms with Crippen LogP contribution < -0.4 is 0 Å². The highest BCUT2D eigenvalue weighted by atomic mass is 14.6. The predicted molar refractivity (Wildman–Crippen MR) is 127 cm³/mol. The second-order valence-electron chi connectivity index (χ2n) is 10.9. The molecule has 4 aliphatic carbocycles. The second kappa shape index (κ2) is 10.3. The molecule has 0 aromatic heterocycles. The Hall–Kier alpha value is 0. The molecule has 28 heavy (non-hydrogen) atoms. The molecule has 0 aromatic rings. The van der Waals surface area contributed by atoms with Gasteiger partial charge >= 0.3 is 0 Å². The molecule has 0 nitrogen and oxygen atoms in total. The molecule has 166 valence electrons. The molecular formula is C28H54. The van der Waals surface area contributed by atoms with E-state index in [0.29, 0.717) is 5.41 Å². The summed E-state index contributed by atoms with van der Waals surface area (Å²) in [7, 11) is 0. The number of hydrogen-bond acceptors (Lipinski definition) is 0. The molecule has 0 amide bonds. The zero-order chi connectivity index (χ0) is 20.9. The van der Waals surface area contributed by atoms with Gasteiger partial charge in [0.1, 0.15) is 0 Å². The summed E-state index contributed by atoms with van der Waals surface area (Å²) < 4.78 is 0. The van der Waals surface area contributed by atoms with E-state index < -0.39 is 0 Å². The fourth-order valence-electron chi connectivity index (χ4n) is 8.93. The topological polar surface area (TPSA) is 0 Å². The van der Waals surface area contributed by atoms with E-state index in [-0.39, 0.29) is 0 Å². The van der Waals surface area contributed by atoms with Crippen LogP contribution in [0.25, 0.3) is 0 Å². The van der Waals surface area contributed by atoms with Gasteiger partial charge in [0, 0.05) is 0 Å². The molecule has 8 atom stereocenters. The van der Waals surface area contributed by atoms with Crippen molar-refractivity contribution in [3.8, 4) is 0 Å². The predicted octanol–water partition coefficient (Wildman–Crippen LogP) is 9.52. The van der Waals surface area contributed by atoms with Gasteiger partial charge in [0.15, 0.2) is 0 Å². The van der Waals surface area contributed by atoms with Crippen molar-refractivity contribution in [2.75, 3.05) is 0 Å². The molecule has 0 saturated heterocycles. The molecule has 0 bridgehead atoms. The van der Waals surface area contributed by atoms with Crippen LogP contribution in [0.15, 0.2) is 0 Å². The smallest absolute Gasteiger partial charge is 0.0264 e. The second-order valence-corrected chi connectivity index (χ2v) is 10.9. The lowest BCUT2D eigenvalue weighted by Crippen LogP contribution is -2.53. The van der Waals surface area contributed by atoms with Crippen LogP contribution in [0, 0.1) is 46.3 Å². The summed E-state index contributed by atoms with van der Waals surface area (Å²) in [5.41, 5.74) is 1.41. The number of fused-ring (bicyclic) bond motifs is 5. The molecule has 0 spiro atoms. The van der Waals surface area contributed by atoms with Gasteiger partial charge in [0.2, 0.25) is 0 Å². The third-order valence-corrected chi connectivity index (χ3v) is 10.1. The summed E-state index contributed by atoms with van der Waals surface area (Å²) in [6.45, 7) is 18.4. The van der Waals surface area contributed by atoms with Gasteiger partial charge in [-0.15, -0.1) is 0 Å². The standard InChI is InChI=1S/C24H42.2C2H6/c1-5-8-17(2)20-12-13-21-19-11-10-18-9-6-7-15-23(18,3)22(19)14-16-24(20,21)4;2*1-2/h17-22H,5-16H2,1-4H3;2*1-2H3. The fourth-order valence-corrected chi connectivity index (χ4v) is 8.93. The summed E-state index contributed by atoms with van der Waals surface area (Å²) >= 11 is 0. The molecule has 4 rings (SSSR count). The van der Waals surface area contributed by atoms with Crippen LogP contribution in [-0.4, -0.2) is 0 Å². The Balaban J connectivity index is 0.000000660. The molecule has 4 aliphatic rings. The van der Waals surface area contributed by atoms with Crippen LogP contribution in [0.2, 0.25) is 0 Å². The number of hydrogen-bond donors (Lipinski definition) is 0. The normalized spacial score (nSPS) is 45.2. The largest absolute Gasteiger partial charge is 0.0683 e. The molecule has 0 heterocycles. The van der Waals surface area contributed by atoms with Crippen molar-refractivity contribution in [3.05, 3.63) is 0 Å². The first kappa shape index (κ1) is 24.3. The Morgan fingerprint density at radius 2 is 1.43 bits per heavy atom. The van der Waals surface area contributed by atoms with Crippen LogP contribution in [-0.2, 0) is 0 Å². The first-order valence-electron chi connectivity index (χ1n) is 13.5. The molecule has 0 aromatic carbocycles. The summed E-state index contributed by atoms with van der Waals surface area (Å²) in [5.74, 6) is 6.30. The maximum Gasteiger partial charge on any atom is -0.0264 e. The van der Waals surface area contributed by atoms with E-state index in [1.165, 1.54) is 25.7 Å². The lowest BCUT2D eigenvalue weighted by molar-refractivity contribution is -0.114. The van der Waals surface area contributed by atoms with Gasteiger partial charge in [0.05, 0.1) is 0 Å². The lowest BCUT2D eigenvalue weighted by Gasteiger charge is -2.61. The van der Waals surface area contributed by atoms with E-state index in [0.717, 1.165) is 40.9 Å². The van der Waals surface area contributed by atoms with E-state index in [4.69, 9.17) is 0 Å². The van der Waals surface area contributed by atoms with Gasteiger partial charge in [-0.05, 0) is 97.7 Å². The third-order valence-electron chi connectivity index (χ3n) is 10.1. The van der Waals surface area contributed by atoms with E-state index in [2.05, 4.69) is 27.7 Å². The average Bonchev–Trinajstić information content (AvgIpc) is 3.08. The molecule has 0 aliphatic heterocycles. The highest BCUT2D eigenvalue weighted by Gasteiger charge is 2.59. The molecule has 0 heteroatoms. The Bertz CT molecular complexity index is 453. The Labute approximate surface area is 179 Å². The van der Waals surface area contributed by atoms with Gasteiger partial charge in [-0.25, -0.2) is 0 Å². The highest BCUT2D eigenvalue weighted by Crippen LogP contribution is 2.68. The van der Waals surface area contributed by atoms with E-state index in [1.807, 2.05) is 27.7 Å². The monoisotopic (exact) mass is 390 g/mol. The van der Waals surface area contributed by atoms with Crippen LogP contribution in [0.1, 0.15) is 132 Å². The molecular weight excluding hydrogens is 336 g/mol. The van der Waals surface area contributed by atoms with Gasteiger partial charge in [-0.2, -0.15) is 0 Å². The quantitative estimate of drug-likeness (QED) is 0.450. The highest BCUT2D eigenvalue weighted by molar-refractivity contribution is 5.09. The van der Waals surface area contributed by atoms with Gasteiger partial charge in [-0.1, -0.05) is 81.1 Å². The molecule has 0 radical (unpaired) electrons. The van der Waals surface area contributed by atoms with Crippen LogP contribution in [0.3, 0.4) is 0 Å². The van der Waals surface area contributed by atoms with Crippen LogP contribution in [0.5, 0.6) is 0 Å². The van der Waals surface area contributed by atoms with Crippen molar-refractivity contribution in [1.29, 1.82) is 0 Å². The van der Waals surface area contributed by atoms with Gasteiger partial charge < -0.3 is 0 Å². The SMILES string of the molecule is CC.CC.CCCC(C)C1CCC2C3CCC4CCCCC4(C)C3CCC12C. The molecule has 0 N–H and O–H groups in total. The molecule has 4 fully saturated rings. The van der Waals surface area contributed by atoms with Crippen molar-refractivity contribution < 1.29 is 0 Å². The van der Waals surface area contributed by atoms with E-state index in [1.54, 1.807) is 51.4 Å². The van der Waals surface area contributed by atoms with Crippen molar-refractivity contribution in [1.82, 2.24) is 0 Å². The first-order chi connectivity index (χ1) is 13.5. The van der Waals surface area contributed by atoms with E-state index in [9.17, 15) is 0 Å². The Morgan fingerprint density at radius 1 is 0.750 bits per heavy atom. The minimum atomic E-state index is 0.688. The lowest BCUT2D eigenvalue weighted by atomic mass is 9.44. The van der Waals surface area contributed by atoms with E-state index >= 15 is 0 Å². The first-order valence-corrected chi connectivity index (χ1v) is 13.5. The van der Waals surface area contributed by atoms with Crippen molar-refractivity contribution >= 4 is 0 Å². The summed E-state index contributed by atoms with van der Waals surface area (Å²) in [5, 5.41) is 0. The van der Waals surface area contributed by atoms with Crippen molar-refractivity contribution in [3.63, 3.8) is 0 Å². The average molecular weight is 391 g/mol. The van der Waals surface area contributed by atoms with Crippen molar-refractivity contribution in [2.24, 2.45) is 46.3 Å². The molecule has 8 unspecified atom stereocenters. The maximum absolute atomic E-state index is 2.73. The van der Waals surface area contributed by atoms with Crippen LogP contribution >= 0.6 is 0 Å².